The fourth-order valence-electron chi connectivity index (χ4n) is 11.1. The van der Waals surface area contributed by atoms with Crippen LogP contribution in [0.2, 0.25) is 19.6 Å². The molecule has 0 aliphatic heterocycles. The summed E-state index contributed by atoms with van der Waals surface area (Å²) in [6, 6.07) is 60.5. The quantitative estimate of drug-likeness (QED) is 0.106. The first-order valence-electron chi connectivity index (χ1n) is 27.0. The van der Waals surface area contributed by atoms with Crippen LogP contribution in [0.4, 0.5) is 0 Å². The maximum absolute atomic E-state index is 6.73. The largest absolute Gasteiger partial charge is 0.486 e. The van der Waals surface area contributed by atoms with Crippen LogP contribution in [0.25, 0.3) is 94.6 Å². The van der Waals surface area contributed by atoms with E-state index in [1.807, 2.05) is 25.1 Å². The molecule has 0 amide bonds. The van der Waals surface area contributed by atoms with E-state index >= 15 is 0 Å². The third-order valence-corrected chi connectivity index (χ3v) is 17.0. The van der Waals surface area contributed by atoms with E-state index in [1.54, 1.807) is 0 Å². The van der Waals surface area contributed by atoms with E-state index in [-0.39, 0.29) is 25.5 Å². The third kappa shape index (κ3) is 10.6. The molecule has 0 bridgehead atoms. The topological polar surface area (TPSA) is 69.6 Å². The molecule has 1 aliphatic carbocycles. The average molecular weight is 1190 g/mol. The molecule has 0 unspecified atom stereocenters. The van der Waals surface area contributed by atoms with Crippen LogP contribution in [-0.2, 0) is 31.9 Å². The summed E-state index contributed by atoms with van der Waals surface area (Å²) in [4.78, 5) is 20.4. The molecule has 385 valence electrons. The third-order valence-electron chi connectivity index (χ3n) is 15.0. The Kier molecular flexibility index (Phi) is 15.0. The number of benzene rings is 6. The fraction of sp³-hybridized carbons (Fsp3) is 0.265. The van der Waals surface area contributed by atoms with Crippen molar-refractivity contribution >= 4 is 57.3 Å². The van der Waals surface area contributed by atoms with Crippen LogP contribution in [0, 0.1) is 25.0 Å². The average Bonchev–Trinajstić information content (AvgIpc) is 4.04. The zero-order valence-electron chi connectivity index (χ0n) is 45.4. The van der Waals surface area contributed by atoms with Crippen LogP contribution in [-0.4, -0.2) is 32.6 Å². The molecule has 6 nitrogen and oxygen atoms in total. The Morgan fingerprint density at radius 3 is 2.16 bits per heavy atom. The molecular formula is C68H67IrN5OSi-2. The van der Waals surface area contributed by atoms with Gasteiger partial charge in [-0.1, -0.05) is 175 Å². The summed E-state index contributed by atoms with van der Waals surface area (Å²) in [5.74, 6) is 1.90. The SMILES string of the molecule is CC(C)Cc1cc(-c2[c-]ccc(-c3ccccc3)c2)ncc1[Si](C)(C)C.Cc1ccc2ccc3nc(-c4[c-]ccc5c4oc4nc(C6CCCCC6)ccc45)n(-c4ccc(C(C)(C)C)cc4-c4ccccc4)c3c2n1.[Ir]. The smallest absolute Gasteiger partial charge is 0.216 e. The van der Waals surface area contributed by atoms with Crippen LogP contribution in [0.15, 0.2) is 162 Å². The van der Waals surface area contributed by atoms with Gasteiger partial charge in [0.1, 0.15) is 0 Å². The van der Waals surface area contributed by atoms with Gasteiger partial charge in [-0.3, -0.25) is 9.97 Å². The molecule has 12 rings (SSSR count). The number of nitrogens with zero attached hydrogens (tertiary/aromatic N) is 5. The standard InChI is InChI=1S/C44H39N4O.C24H28NSi.Ir/c1-27-18-19-30-20-23-37-40(39(30)45-27)48(38-25-21-31(44(2,3)4)26-35(38)28-12-7-5-8-13-28)42(46-37)34-17-11-16-32-33-22-24-36(29-14-9-6-10-15-29)47-43(33)49-41(32)34;1-18(2)14-22-16-23(25-17-24(22)26(3,4)5)21-13-9-12-20(15-21)19-10-7-6-8-11-19;/h5,7-8,11-13,16,18-26,29H,6,9-10,14-15H2,1-4H3;6-12,15-18H,14H2,1-5H3;/q2*-1;. The van der Waals surface area contributed by atoms with Gasteiger partial charge in [0.05, 0.1) is 36.0 Å². The Labute approximate surface area is 463 Å². The van der Waals surface area contributed by atoms with Gasteiger partial charge in [0.15, 0.2) is 0 Å². The van der Waals surface area contributed by atoms with Gasteiger partial charge < -0.3 is 14.0 Å². The molecular weight excluding hydrogens is 1120 g/mol. The molecule has 5 heterocycles. The molecule has 0 spiro atoms. The molecule has 6 aromatic carbocycles. The zero-order chi connectivity index (χ0) is 52.0. The van der Waals surface area contributed by atoms with E-state index in [4.69, 9.17) is 24.4 Å². The molecule has 1 fully saturated rings. The van der Waals surface area contributed by atoms with Crippen molar-refractivity contribution in [1.29, 1.82) is 0 Å². The predicted molar refractivity (Wildman–Crippen MR) is 316 cm³/mol. The second-order valence-corrected chi connectivity index (χ2v) is 28.2. The van der Waals surface area contributed by atoms with Gasteiger partial charge in [0.25, 0.3) is 0 Å². The van der Waals surface area contributed by atoms with Gasteiger partial charge in [-0.15, -0.1) is 53.6 Å². The van der Waals surface area contributed by atoms with Crippen molar-refractivity contribution in [2.45, 2.75) is 111 Å². The molecule has 0 N–H and O–H groups in total. The summed E-state index contributed by atoms with van der Waals surface area (Å²) in [7, 11) is -1.40. The maximum atomic E-state index is 6.73. The Morgan fingerprint density at radius 1 is 0.711 bits per heavy atom. The van der Waals surface area contributed by atoms with Gasteiger partial charge in [-0.2, -0.15) is 0 Å². The zero-order valence-corrected chi connectivity index (χ0v) is 48.8. The molecule has 0 atom stereocenters. The van der Waals surface area contributed by atoms with Crippen LogP contribution >= 0.6 is 0 Å². The number of aromatic nitrogens is 5. The van der Waals surface area contributed by atoms with E-state index in [9.17, 15) is 0 Å². The Hall–Kier alpha value is -6.83. The van der Waals surface area contributed by atoms with Crippen molar-refractivity contribution in [2.24, 2.45) is 5.92 Å². The molecule has 5 aromatic heterocycles. The van der Waals surface area contributed by atoms with Crippen LogP contribution in [0.5, 0.6) is 0 Å². The summed E-state index contributed by atoms with van der Waals surface area (Å²) < 4.78 is 9.02. The Bertz CT molecular complexity index is 3860. The van der Waals surface area contributed by atoms with Crippen LogP contribution < -0.4 is 5.19 Å². The van der Waals surface area contributed by atoms with E-state index in [1.165, 1.54) is 59.5 Å². The Morgan fingerprint density at radius 2 is 1.43 bits per heavy atom. The van der Waals surface area contributed by atoms with Crippen molar-refractivity contribution in [3.8, 4) is 50.6 Å². The normalized spacial score (nSPS) is 13.3. The summed E-state index contributed by atoms with van der Waals surface area (Å²) in [6.45, 7) is 20.6. The first kappa shape index (κ1) is 52.6. The van der Waals surface area contributed by atoms with E-state index in [0.717, 1.165) is 95.6 Å². The number of rotatable bonds is 9. The number of pyridine rings is 3. The minimum absolute atomic E-state index is 0. The minimum Gasteiger partial charge on any atom is -0.486 e. The molecule has 11 aromatic rings. The van der Waals surface area contributed by atoms with Crippen LogP contribution in [0.3, 0.4) is 0 Å². The molecule has 0 saturated heterocycles. The molecule has 1 radical (unpaired) electrons. The predicted octanol–water partition coefficient (Wildman–Crippen LogP) is 17.6. The summed E-state index contributed by atoms with van der Waals surface area (Å²) in [5, 5.41) is 4.60. The van der Waals surface area contributed by atoms with Crippen LogP contribution in [0.1, 0.15) is 95.2 Å². The second kappa shape index (κ2) is 21.7. The second-order valence-electron chi connectivity index (χ2n) is 23.1. The number of fused-ring (bicyclic) bond motifs is 6. The van der Waals surface area contributed by atoms with Crippen molar-refractivity contribution in [3.05, 3.63) is 193 Å². The first-order chi connectivity index (χ1) is 36.2. The van der Waals surface area contributed by atoms with Gasteiger partial charge in [0.2, 0.25) is 5.71 Å². The fourth-order valence-corrected chi connectivity index (χ4v) is 12.7. The van der Waals surface area contributed by atoms with Crippen molar-refractivity contribution in [1.82, 2.24) is 24.5 Å². The number of furan rings is 1. The minimum atomic E-state index is -1.40. The van der Waals surface area contributed by atoms with Gasteiger partial charge in [0, 0.05) is 65.6 Å². The number of hydrogen-bond acceptors (Lipinski definition) is 5. The number of imidazole rings is 1. The number of aryl methyl sites for hydroxylation is 1. The number of hydrogen-bond donors (Lipinski definition) is 0. The molecule has 8 heteroatoms. The molecule has 1 saturated carbocycles. The first-order valence-corrected chi connectivity index (χ1v) is 30.5. The van der Waals surface area contributed by atoms with Gasteiger partial charge >= 0.3 is 0 Å². The Balaban J connectivity index is 0.000000206. The monoisotopic (exact) mass is 1190 g/mol. The van der Waals surface area contributed by atoms with Crippen molar-refractivity contribution < 1.29 is 24.5 Å². The van der Waals surface area contributed by atoms with E-state index in [2.05, 4.69) is 211 Å². The van der Waals surface area contributed by atoms with Crippen molar-refractivity contribution in [3.63, 3.8) is 0 Å². The van der Waals surface area contributed by atoms with E-state index < -0.39 is 8.07 Å². The summed E-state index contributed by atoms with van der Waals surface area (Å²) >= 11 is 0. The van der Waals surface area contributed by atoms with Crippen molar-refractivity contribution in [2.75, 3.05) is 0 Å². The summed E-state index contributed by atoms with van der Waals surface area (Å²) in [5.41, 5.74) is 17.7. The maximum Gasteiger partial charge on any atom is 0.216 e. The molecule has 1 aliphatic rings. The molecule has 76 heavy (non-hydrogen) atoms. The van der Waals surface area contributed by atoms with Gasteiger partial charge in [-0.05, 0) is 101 Å². The van der Waals surface area contributed by atoms with E-state index in [0.29, 0.717) is 17.5 Å². The summed E-state index contributed by atoms with van der Waals surface area (Å²) in [6.07, 6.45) is 9.48. The van der Waals surface area contributed by atoms with Gasteiger partial charge in [-0.25, -0.2) is 4.98 Å².